The van der Waals surface area contributed by atoms with Gasteiger partial charge in [-0.25, -0.2) is 0 Å². The van der Waals surface area contributed by atoms with Crippen molar-refractivity contribution in [3.8, 4) is 5.75 Å². The van der Waals surface area contributed by atoms with Crippen molar-refractivity contribution in [2.45, 2.75) is 12.5 Å². The summed E-state index contributed by atoms with van der Waals surface area (Å²) in [6.45, 7) is 0.389. The number of hydrogen-bond donors (Lipinski definition) is 0. The average Bonchev–Trinajstić information content (AvgIpc) is 2.41. The van der Waals surface area contributed by atoms with Crippen molar-refractivity contribution >= 4 is 34.8 Å². The lowest BCUT2D eigenvalue weighted by Crippen LogP contribution is -1.96. The highest BCUT2D eigenvalue weighted by Gasteiger charge is 2.04. The Morgan fingerprint density at radius 2 is 1.67 bits per heavy atom. The van der Waals surface area contributed by atoms with Crippen molar-refractivity contribution in [1.29, 1.82) is 0 Å². The molecule has 0 radical (unpaired) electrons. The Balaban J connectivity index is 2.04. The Kier molecular flexibility index (Phi) is 4.76. The van der Waals surface area contributed by atoms with Gasteiger partial charge in [0.15, 0.2) is 0 Å². The van der Waals surface area contributed by atoms with Gasteiger partial charge in [0.1, 0.15) is 12.4 Å². The van der Waals surface area contributed by atoms with Gasteiger partial charge in [-0.2, -0.15) is 0 Å². The van der Waals surface area contributed by atoms with Crippen LogP contribution in [0, 0.1) is 0 Å². The van der Waals surface area contributed by atoms with Gasteiger partial charge in [0, 0.05) is 11.4 Å². The van der Waals surface area contributed by atoms with Crippen molar-refractivity contribution in [3.05, 3.63) is 63.6 Å². The summed E-state index contributed by atoms with van der Waals surface area (Å²) in [5, 5.41) is 1.08. The molecule has 0 aliphatic carbocycles. The van der Waals surface area contributed by atoms with E-state index < -0.39 is 0 Å². The minimum Gasteiger partial charge on any atom is -0.489 e. The summed E-state index contributed by atoms with van der Waals surface area (Å²) in [6, 6.07) is 13.1. The van der Waals surface area contributed by atoms with E-state index in [1.54, 1.807) is 6.07 Å². The second kappa shape index (κ2) is 6.33. The van der Waals surface area contributed by atoms with Gasteiger partial charge in [-0.15, -0.1) is 11.6 Å². The lowest BCUT2D eigenvalue weighted by molar-refractivity contribution is 0.306. The standard InChI is InChI=1S/C14H11Cl3O/c15-8-10-4-6-12(7-5-10)18-9-11-2-1-3-13(16)14(11)17/h1-7H,8-9H2. The van der Waals surface area contributed by atoms with E-state index >= 15 is 0 Å². The molecule has 0 aliphatic heterocycles. The fraction of sp³-hybridized carbons (Fsp3) is 0.143. The minimum absolute atomic E-state index is 0.389. The van der Waals surface area contributed by atoms with Crippen LogP contribution in [0.3, 0.4) is 0 Å². The molecular weight excluding hydrogens is 291 g/mol. The number of alkyl halides is 1. The first-order valence-corrected chi connectivity index (χ1v) is 6.70. The van der Waals surface area contributed by atoms with Crippen LogP contribution in [-0.2, 0) is 12.5 Å². The largest absolute Gasteiger partial charge is 0.489 e. The van der Waals surface area contributed by atoms with E-state index in [9.17, 15) is 0 Å². The van der Waals surface area contributed by atoms with Crippen molar-refractivity contribution in [1.82, 2.24) is 0 Å². The lowest BCUT2D eigenvalue weighted by atomic mass is 10.2. The monoisotopic (exact) mass is 300 g/mol. The third-order valence-corrected chi connectivity index (χ3v) is 3.67. The van der Waals surface area contributed by atoms with E-state index in [0.717, 1.165) is 16.9 Å². The minimum atomic E-state index is 0.389. The Morgan fingerprint density at radius 1 is 0.944 bits per heavy atom. The van der Waals surface area contributed by atoms with E-state index in [2.05, 4.69) is 0 Å². The molecule has 0 unspecified atom stereocenters. The first kappa shape index (κ1) is 13.5. The normalized spacial score (nSPS) is 10.4. The topological polar surface area (TPSA) is 9.23 Å². The van der Waals surface area contributed by atoms with Gasteiger partial charge in [0.05, 0.1) is 10.0 Å². The summed E-state index contributed by atoms with van der Waals surface area (Å²) >= 11 is 17.7. The zero-order chi connectivity index (χ0) is 13.0. The molecule has 0 aliphatic rings. The van der Waals surface area contributed by atoms with Gasteiger partial charge in [-0.1, -0.05) is 47.5 Å². The smallest absolute Gasteiger partial charge is 0.119 e. The second-order valence-corrected chi connectivity index (χ2v) is 4.83. The molecule has 0 aromatic heterocycles. The van der Waals surface area contributed by atoms with E-state index in [4.69, 9.17) is 39.5 Å². The molecule has 2 aromatic carbocycles. The molecule has 0 heterocycles. The maximum Gasteiger partial charge on any atom is 0.119 e. The van der Waals surface area contributed by atoms with Crippen molar-refractivity contribution in [2.24, 2.45) is 0 Å². The third kappa shape index (κ3) is 3.32. The molecule has 2 rings (SSSR count). The predicted molar refractivity (Wildman–Crippen MR) is 76.8 cm³/mol. The van der Waals surface area contributed by atoms with Crippen molar-refractivity contribution in [2.75, 3.05) is 0 Å². The molecule has 0 saturated heterocycles. The van der Waals surface area contributed by atoms with E-state index in [1.807, 2.05) is 36.4 Å². The molecule has 0 bridgehead atoms. The van der Waals surface area contributed by atoms with Crippen LogP contribution in [0.4, 0.5) is 0 Å². The zero-order valence-electron chi connectivity index (χ0n) is 9.50. The van der Waals surface area contributed by atoms with Gasteiger partial charge >= 0.3 is 0 Å². The molecule has 2 aromatic rings. The molecule has 4 heteroatoms. The molecule has 94 valence electrons. The molecule has 0 fully saturated rings. The van der Waals surface area contributed by atoms with Crippen molar-refractivity contribution < 1.29 is 4.74 Å². The maximum atomic E-state index is 6.08. The molecule has 1 nitrogen and oxygen atoms in total. The van der Waals surface area contributed by atoms with Gasteiger partial charge in [-0.05, 0) is 23.8 Å². The molecular formula is C14H11Cl3O. The van der Waals surface area contributed by atoms with Crippen LogP contribution in [0.2, 0.25) is 10.0 Å². The summed E-state index contributed by atoms with van der Waals surface area (Å²) < 4.78 is 5.64. The second-order valence-electron chi connectivity index (χ2n) is 3.78. The quantitative estimate of drug-likeness (QED) is 0.695. The fourth-order valence-electron chi connectivity index (χ4n) is 1.50. The Morgan fingerprint density at radius 3 is 2.33 bits per heavy atom. The Labute approximate surface area is 121 Å². The van der Waals surface area contributed by atoms with Crippen LogP contribution in [0.5, 0.6) is 5.75 Å². The first-order valence-electron chi connectivity index (χ1n) is 5.41. The number of rotatable bonds is 4. The van der Waals surface area contributed by atoms with Crippen LogP contribution in [0.25, 0.3) is 0 Å². The van der Waals surface area contributed by atoms with Crippen molar-refractivity contribution in [3.63, 3.8) is 0 Å². The molecule has 0 saturated carbocycles. The number of halogens is 3. The van der Waals surface area contributed by atoms with Gasteiger partial charge < -0.3 is 4.74 Å². The first-order chi connectivity index (χ1) is 8.70. The van der Waals surface area contributed by atoms with Gasteiger partial charge in [0.2, 0.25) is 0 Å². The lowest BCUT2D eigenvalue weighted by Gasteiger charge is -2.09. The number of hydrogen-bond acceptors (Lipinski definition) is 1. The molecule has 0 N–H and O–H groups in total. The predicted octanol–water partition coefficient (Wildman–Crippen LogP) is 5.31. The number of ether oxygens (including phenoxy) is 1. The number of benzene rings is 2. The van der Waals surface area contributed by atoms with Gasteiger partial charge in [0.25, 0.3) is 0 Å². The third-order valence-electron chi connectivity index (χ3n) is 2.50. The fourth-order valence-corrected chi connectivity index (χ4v) is 2.05. The molecule has 18 heavy (non-hydrogen) atoms. The van der Waals surface area contributed by atoms with Crippen LogP contribution < -0.4 is 4.74 Å². The van der Waals surface area contributed by atoms with Crippen LogP contribution in [-0.4, -0.2) is 0 Å². The summed E-state index contributed by atoms with van der Waals surface area (Å²) in [5.41, 5.74) is 1.93. The summed E-state index contributed by atoms with van der Waals surface area (Å²) in [4.78, 5) is 0. The molecule has 0 spiro atoms. The Bertz CT molecular complexity index is 523. The summed E-state index contributed by atoms with van der Waals surface area (Å²) in [5.74, 6) is 1.28. The van der Waals surface area contributed by atoms with Crippen LogP contribution >= 0.6 is 34.8 Å². The summed E-state index contributed by atoms with van der Waals surface area (Å²) in [7, 11) is 0. The van der Waals surface area contributed by atoms with E-state index in [1.165, 1.54) is 0 Å². The van der Waals surface area contributed by atoms with Crippen LogP contribution in [0.1, 0.15) is 11.1 Å². The highest BCUT2D eigenvalue weighted by Crippen LogP contribution is 2.26. The SMILES string of the molecule is ClCc1ccc(OCc2cccc(Cl)c2Cl)cc1. The van der Waals surface area contributed by atoms with Gasteiger partial charge in [-0.3, -0.25) is 0 Å². The van der Waals surface area contributed by atoms with Crippen LogP contribution in [0.15, 0.2) is 42.5 Å². The highest BCUT2D eigenvalue weighted by molar-refractivity contribution is 6.42. The van der Waals surface area contributed by atoms with E-state index in [-0.39, 0.29) is 0 Å². The Hall–Kier alpha value is -0.890. The average molecular weight is 302 g/mol. The van der Waals surface area contributed by atoms with E-state index in [0.29, 0.717) is 22.5 Å². The molecule has 0 amide bonds. The molecule has 0 atom stereocenters. The maximum absolute atomic E-state index is 6.08. The summed E-state index contributed by atoms with van der Waals surface area (Å²) in [6.07, 6.45) is 0. The highest BCUT2D eigenvalue weighted by atomic mass is 35.5. The zero-order valence-corrected chi connectivity index (χ0v) is 11.8.